The van der Waals surface area contributed by atoms with Gasteiger partial charge in [-0.1, -0.05) is 30.3 Å². The molecule has 4 heteroatoms. The Bertz CT molecular complexity index is 436. The third-order valence-electron chi connectivity index (χ3n) is 3.78. The minimum absolute atomic E-state index is 0.200. The molecular weight excluding hydrogens is 230 g/mol. The quantitative estimate of drug-likeness (QED) is 0.593. The van der Waals surface area contributed by atoms with Crippen molar-refractivity contribution in [2.24, 2.45) is 0 Å². The lowest BCUT2D eigenvalue weighted by molar-refractivity contribution is -0.550. The molecule has 1 aromatic rings. The highest BCUT2D eigenvalue weighted by molar-refractivity contribution is 5.87. The van der Waals surface area contributed by atoms with Gasteiger partial charge in [-0.25, -0.2) is 0 Å². The molecule has 18 heavy (non-hydrogen) atoms. The molecule has 0 spiro atoms. The number of aryl methyl sites for hydroxylation is 1. The van der Waals surface area contributed by atoms with E-state index in [1.807, 2.05) is 30.3 Å². The van der Waals surface area contributed by atoms with Crippen molar-refractivity contribution in [3.63, 3.8) is 0 Å². The van der Waals surface area contributed by atoms with Crippen molar-refractivity contribution >= 4 is 5.78 Å². The van der Waals surface area contributed by atoms with E-state index in [1.54, 1.807) is 0 Å². The fourth-order valence-electron chi connectivity index (χ4n) is 2.66. The molecule has 1 fully saturated rings. The number of carbonyl (C=O) groups is 1. The number of ketones is 1. The summed E-state index contributed by atoms with van der Waals surface area (Å²) < 4.78 is 0. The smallest absolute Gasteiger partial charge is 0.279 e. The Morgan fingerprint density at radius 1 is 1.22 bits per heavy atom. The number of rotatable bonds is 5. The Labute approximate surface area is 106 Å². The highest BCUT2D eigenvalue weighted by atomic mass is 16.6. The summed E-state index contributed by atoms with van der Waals surface area (Å²) in [5, 5.41) is 11.2. The first-order valence-electron chi connectivity index (χ1n) is 6.37. The first kappa shape index (κ1) is 12.7. The fraction of sp³-hybridized carbons (Fsp3) is 0.500. The lowest BCUT2D eigenvalue weighted by atomic mass is 9.89. The number of Topliss-reactive ketones (excluding diaryl/α,β-unsaturated/α-hetero) is 1. The molecule has 2 rings (SSSR count). The van der Waals surface area contributed by atoms with E-state index in [-0.39, 0.29) is 17.1 Å². The van der Waals surface area contributed by atoms with Crippen molar-refractivity contribution in [3.05, 3.63) is 46.0 Å². The van der Waals surface area contributed by atoms with Crippen molar-refractivity contribution in [3.8, 4) is 0 Å². The van der Waals surface area contributed by atoms with Crippen LogP contribution >= 0.6 is 0 Å². The van der Waals surface area contributed by atoms with Gasteiger partial charge in [0, 0.05) is 24.2 Å². The predicted molar refractivity (Wildman–Crippen MR) is 68.0 cm³/mol. The molecule has 0 aromatic heterocycles. The summed E-state index contributed by atoms with van der Waals surface area (Å²) in [6.07, 6.45) is 3.26. The van der Waals surface area contributed by atoms with E-state index in [2.05, 4.69) is 0 Å². The Morgan fingerprint density at radius 3 is 2.39 bits per heavy atom. The van der Waals surface area contributed by atoms with Crippen LogP contribution in [0.2, 0.25) is 0 Å². The normalized spacial score (nSPS) is 17.6. The van der Waals surface area contributed by atoms with E-state index < -0.39 is 5.54 Å². The molecule has 1 saturated carbocycles. The third-order valence-corrected chi connectivity index (χ3v) is 3.78. The number of nitrogens with zero attached hydrogens (tertiary/aromatic N) is 1. The van der Waals surface area contributed by atoms with Crippen molar-refractivity contribution in [1.82, 2.24) is 0 Å². The summed E-state index contributed by atoms with van der Waals surface area (Å²) in [7, 11) is 0. The summed E-state index contributed by atoms with van der Waals surface area (Å²) in [4.78, 5) is 22.9. The molecule has 1 aliphatic carbocycles. The van der Waals surface area contributed by atoms with E-state index in [4.69, 9.17) is 0 Å². The second-order valence-electron chi connectivity index (χ2n) is 4.90. The van der Waals surface area contributed by atoms with Crippen LogP contribution in [-0.4, -0.2) is 16.2 Å². The van der Waals surface area contributed by atoms with Crippen molar-refractivity contribution in [2.45, 2.75) is 44.1 Å². The maximum atomic E-state index is 12.1. The second kappa shape index (κ2) is 5.29. The van der Waals surface area contributed by atoms with Crippen LogP contribution in [0.5, 0.6) is 0 Å². The summed E-state index contributed by atoms with van der Waals surface area (Å²) >= 11 is 0. The second-order valence-corrected chi connectivity index (χ2v) is 4.90. The zero-order chi connectivity index (χ0) is 13.0. The third kappa shape index (κ3) is 2.42. The van der Waals surface area contributed by atoms with E-state index in [0.717, 1.165) is 18.4 Å². The van der Waals surface area contributed by atoms with Gasteiger partial charge >= 0.3 is 0 Å². The molecule has 4 nitrogen and oxygen atoms in total. The van der Waals surface area contributed by atoms with Crippen LogP contribution in [0.25, 0.3) is 0 Å². The number of hydrogen-bond donors (Lipinski definition) is 0. The SMILES string of the molecule is O=C(CCc1ccccc1)C1([N+](=O)[O-])CCCC1. The molecular formula is C14H17NO3. The number of nitro groups is 1. The summed E-state index contributed by atoms with van der Waals surface area (Å²) in [6.45, 7) is 0. The Kier molecular flexibility index (Phi) is 3.75. The summed E-state index contributed by atoms with van der Waals surface area (Å²) in [6, 6.07) is 9.64. The Morgan fingerprint density at radius 2 is 1.83 bits per heavy atom. The van der Waals surface area contributed by atoms with Gasteiger partial charge in [0.05, 0.1) is 0 Å². The lowest BCUT2D eigenvalue weighted by Crippen LogP contribution is -2.43. The van der Waals surface area contributed by atoms with Gasteiger partial charge in [0.15, 0.2) is 0 Å². The van der Waals surface area contributed by atoms with E-state index in [9.17, 15) is 14.9 Å². The van der Waals surface area contributed by atoms with Crippen LogP contribution in [-0.2, 0) is 11.2 Å². The highest BCUT2D eigenvalue weighted by Crippen LogP contribution is 2.34. The van der Waals surface area contributed by atoms with Gasteiger partial charge in [-0.15, -0.1) is 0 Å². The molecule has 0 unspecified atom stereocenters. The maximum Gasteiger partial charge on any atom is 0.279 e. The minimum Gasteiger partial charge on any atom is -0.292 e. The van der Waals surface area contributed by atoms with Crippen molar-refractivity contribution in [2.75, 3.05) is 0 Å². The van der Waals surface area contributed by atoms with Crippen molar-refractivity contribution < 1.29 is 9.72 Å². The molecule has 0 atom stereocenters. The first-order valence-corrected chi connectivity index (χ1v) is 6.37. The zero-order valence-electron chi connectivity index (χ0n) is 10.3. The number of benzene rings is 1. The average Bonchev–Trinajstić information content (AvgIpc) is 2.88. The van der Waals surface area contributed by atoms with Crippen LogP contribution in [0.4, 0.5) is 0 Å². The van der Waals surface area contributed by atoms with Crippen LogP contribution < -0.4 is 0 Å². The molecule has 0 amide bonds. The minimum atomic E-state index is -1.28. The predicted octanol–water partition coefficient (Wildman–Crippen LogP) is 2.78. The summed E-state index contributed by atoms with van der Waals surface area (Å²) in [5.41, 5.74) is -0.225. The molecule has 1 aromatic carbocycles. The van der Waals surface area contributed by atoms with E-state index >= 15 is 0 Å². The summed E-state index contributed by atoms with van der Waals surface area (Å²) in [5.74, 6) is -0.200. The van der Waals surface area contributed by atoms with Gasteiger partial charge in [0.2, 0.25) is 5.78 Å². The van der Waals surface area contributed by atoms with Gasteiger partial charge in [0.25, 0.3) is 5.54 Å². The Balaban J connectivity index is 2.01. The molecule has 96 valence electrons. The van der Waals surface area contributed by atoms with Gasteiger partial charge in [-0.3, -0.25) is 14.9 Å². The monoisotopic (exact) mass is 247 g/mol. The molecule has 0 aliphatic heterocycles. The largest absolute Gasteiger partial charge is 0.292 e. The Hall–Kier alpha value is -1.71. The average molecular weight is 247 g/mol. The van der Waals surface area contributed by atoms with Crippen LogP contribution in [0, 0.1) is 10.1 Å². The molecule has 0 bridgehead atoms. The van der Waals surface area contributed by atoms with Crippen LogP contribution in [0.15, 0.2) is 30.3 Å². The lowest BCUT2D eigenvalue weighted by Gasteiger charge is -2.18. The van der Waals surface area contributed by atoms with Crippen molar-refractivity contribution in [1.29, 1.82) is 0 Å². The maximum absolute atomic E-state index is 12.1. The highest BCUT2D eigenvalue weighted by Gasteiger charge is 2.51. The van der Waals surface area contributed by atoms with Gasteiger partial charge < -0.3 is 0 Å². The molecule has 1 aliphatic rings. The first-order chi connectivity index (χ1) is 8.65. The molecule has 0 N–H and O–H groups in total. The van der Waals surface area contributed by atoms with Gasteiger partial charge in [-0.05, 0) is 24.8 Å². The van der Waals surface area contributed by atoms with Gasteiger partial charge in [-0.2, -0.15) is 0 Å². The van der Waals surface area contributed by atoms with E-state index in [1.165, 1.54) is 0 Å². The zero-order valence-corrected chi connectivity index (χ0v) is 10.3. The number of hydrogen-bond acceptors (Lipinski definition) is 3. The fourth-order valence-corrected chi connectivity index (χ4v) is 2.66. The topological polar surface area (TPSA) is 60.2 Å². The number of carbonyl (C=O) groups excluding carboxylic acids is 1. The molecule has 0 heterocycles. The molecule has 0 saturated heterocycles. The standard InChI is InChI=1S/C14H17NO3/c16-13(9-8-12-6-2-1-3-7-12)14(15(17)18)10-4-5-11-14/h1-3,6-7H,4-5,8-11H2. The van der Waals surface area contributed by atoms with E-state index in [0.29, 0.717) is 19.3 Å². The van der Waals surface area contributed by atoms with Crippen LogP contribution in [0.3, 0.4) is 0 Å². The van der Waals surface area contributed by atoms with Gasteiger partial charge in [0.1, 0.15) is 0 Å². The van der Waals surface area contributed by atoms with Crippen LogP contribution in [0.1, 0.15) is 37.7 Å². The molecule has 0 radical (unpaired) electrons.